The summed E-state index contributed by atoms with van der Waals surface area (Å²) in [4.78, 5) is 0. The maximum atomic E-state index is 7.23. The van der Waals surface area contributed by atoms with E-state index in [2.05, 4.69) is 15.9 Å². The molecule has 0 spiro atoms. The molecule has 0 saturated heterocycles. The first-order chi connectivity index (χ1) is 4.81. The molecule has 0 saturated carbocycles. The number of rotatable bonds is 5. The van der Waals surface area contributed by atoms with Crippen molar-refractivity contribution in [2.24, 2.45) is 0 Å². The van der Waals surface area contributed by atoms with Crippen molar-refractivity contribution < 1.29 is 4.74 Å². The molecule has 0 rings (SSSR count). The molecule has 0 aliphatic carbocycles. The van der Waals surface area contributed by atoms with E-state index >= 15 is 0 Å². The second-order valence-corrected chi connectivity index (χ2v) is 2.80. The van der Waals surface area contributed by atoms with E-state index in [4.69, 9.17) is 10.1 Å². The minimum absolute atomic E-state index is 0.420. The summed E-state index contributed by atoms with van der Waals surface area (Å²) in [5.41, 5.74) is 0. The molecule has 0 atom stereocenters. The Hall–Kier alpha value is -0.0500. The highest BCUT2D eigenvalue weighted by atomic mass is 79.9. The number of ether oxygens (including phenoxy) is 1. The summed E-state index contributed by atoms with van der Waals surface area (Å²) in [7, 11) is 0. The van der Waals surface area contributed by atoms with Gasteiger partial charge in [0.15, 0.2) is 5.90 Å². The lowest BCUT2D eigenvalue weighted by atomic mass is 10.2. The normalized spacial score (nSPS) is 9.40. The Bertz CT molecular complexity index is 95.6. The first kappa shape index (κ1) is 9.95. The molecular weight excluding hydrogens is 194 g/mol. The number of hydrogen-bond acceptors (Lipinski definition) is 2. The van der Waals surface area contributed by atoms with Crippen LogP contribution in [0.5, 0.6) is 0 Å². The highest BCUT2D eigenvalue weighted by molar-refractivity contribution is 9.09. The minimum atomic E-state index is 0.420. The van der Waals surface area contributed by atoms with Crippen LogP contribution >= 0.6 is 15.9 Å². The molecule has 0 bridgehead atoms. The molecule has 0 heterocycles. The standard InChI is InChI=1S/C7H14BrNO/c1-2-10-7(9)5-3-4-6-8/h9H,2-6H2,1H3. The molecule has 0 aromatic carbocycles. The Kier molecular flexibility index (Phi) is 7.03. The van der Waals surface area contributed by atoms with E-state index in [0.29, 0.717) is 12.5 Å². The van der Waals surface area contributed by atoms with Gasteiger partial charge in [0.1, 0.15) is 0 Å². The van der Waals surface area contributed by atoms with Crippen molar-refractivity contribution in [1.82, 2.24) is 0 Å². The van der Waals surface area contributed by atoms with Crippen LogP contribution in [0.15, 0.2) is 0 Å². The topological polar surface area (TPSA) is 33.1 Å². The van der Waals surface area contributed by atoms with Crippen LogP contribution in [0.2, 0.25) is 0 Å². The second kappa shape index (κ2) is 7.06. The maximum absolute atomic E-state index is 7.23. The predicted molar refractivity (Wildman–Crippen MR) is 47.0 cm³/mol. The van der Waals surface area contributed by atoms with Gasteiger partial charge in [-0.1, -0.05) is 15.9 Å². The lowest BCUT2D eigenvalue weighted by Gasteiger charge is -2.02. The van der Waals surface area contributed by atoms with Crippen LogP contribution < -0.4 is 0 Å². The van der Waals surface area contributed by atoms with Gasteiger partial charge in [-0.2, -0.15) is 0 Å². The largest absolute Gasteiger partial charge is 0.481 e. The van der Waals surface area contributed by atoms with E-state index in [0.717, 1.165) is 24.6 Å². The average molecular weight is 208 g/mol. The lowest BCUT2D eigenvalue weighted by Crippen LogP contribution is -2.02. The van der Waals surface area contributed by atoms with Crippen molar-refractivity contribution in [3.8, 4) is 0 Å². The van der Waals surface area contributed by atoms with Crippen LogP contribution in [-0.4, -0.2) is 17.8 Å². The first-order valence-corrected chi connectivity index (χ1v) is 4.69. The number of nitrogens with one attached hydrogen (secondary N) is 1. The van der Waals surface area contributed by atoms with Crippen LogP contribution in [0.1, 0.15) is 26.2 Å². The molecule has 0 aliphatic heterocycles. The third kappa shape index (κ3) is 6.08. The smallest absolute Gasteiger partial charge is 0.180 e. The van der Waals surface area contributed by atoms with Gasteiger partial charge in [-0.15, -0.1) is 0 Å². The molecule has 3 heteroatoms. The molecular formula is C7H14BrNO. The maximum Gasteiger partial charge on any atom is 0.180 e. The second-order valence-electron chi connectivity index (χ2n) is 2.00. The fraction of sp³-hybridized carbons (Fsp3) is 0.857. The monoisotopic (exact) mass is 207 g/mol. The summed E-state index contributed by atoms with van der Waals surface area (Å²) in [5, 5.41) is 8.25. The van der Waals surface area contributed by atoms with Crippen molar-refractivity contribution in [2.45, 2.75) is 26.2 Å². The van der Waals surface area contributed by atoms with Gasteiger partial charge in [-0.25, -0.2) is 0 Å². The highest BCUT2D eigenvalue weighted by Crippen LogP contribution is 1.99. The summed E-state index contributed by atoms with van der Waals surface area (Å²) in [5.74, 6) is 0.420. The van der Waals surface area contributed by atoms with Crippen molar-refractivity contribution in [3.63, 3.8) is 0 Å². The van der Waals surface area contributed by atoms with Gasteiger partial charge in [-0.05, 0) is 19.8 Å². The quantitative estimate of drug-likeness (QED) is 0.320. The van der Waals surface area contributed by atoms with E-state index in [1.807, 2.05) is 6.92 Å². The third-order valence-corrected chi connectivity index (χ3v) is 1.67. The number of halogens is 1. The van der Waals surface area contributed by atoms with Crippen LogP contribution in [0.3, 0.4) is 0 Å². The molecule has 0 aromatic heterocycles. The zero-order valence-electron chi connectivity index (χ0n) is 6.32. The van der Waals surface area contributed by atoms with Crippen molar-refractivity contribution in [3.05, 3.63) is 0 Å². The Morgan fingerprint density at radius 3 is 2.70 bits per heavy atom. The van der Waals surface area contributed by atoms with Crippen LogP contribution in [0.25, 0.3) is 0 Å². The van der Waals surface area contributed by atoms with Gasteiger partial charge in [0, 0.05) is 11.8 Å². The Labute approximate surface area is 70.6 Å². The molecule has 0 amide bonds. The SMILES string of the molecule is CCOC(=N)CCCCBr. The number of hydrogen-bond donors (Lipinski definition) is 1. The van der Waals surface area contributed by atoms with Gasteiger partial charge in [0.05, 0.1) is 6.61 Å². The van der Waals surface area contributed by atoms with E-state index in [1.54, 1.807) is 0 Å². The zero-order chi connectivity index (χ0) is 7.82. The van der Waals surface area contributed by atoms with Crippen LogP contribution in [-0.2, 0) is 4.74 Å². The van der Waals surface area contributed by atoms with Gasteiger partial charge in [0.25, 0.3) is 0 Å². The summed E-state index contributed by atoms with van der Waals surface area (Å²) in [6, 6.07) is 0. The molecule has 10 heavy (non-hydrogen) atoms. The number of alkyl halides is 1. The first-order valence-electron chi connectivity index (χ1n) is 3.57. The Morgan fingerprint density at radius 1 is 1.50 bits per heavy atom. The van der Waals surface area contributed by atoms with Crippen molar-refractivity contribution >= 4 is 21.8 Å². The molecule has 0 radical (unpaired) electrons. The van der Waals surface area contributed by atoms with Gasteiger partial charge < -0.3 is 4.74 Å². The van der Waals surface area contributed by atoms with Gasteiger partial charge in [-0.3, -0.25) is 5.41 Å². The van der Waals surface area contributed by atoms with Crippen LogP contribution in [0, 0.1) is 5.41 Å². The fourth-order valence-electron chi connectivity index (χ4n) is 0.626. The predicted octanol–water partition coefficient (Wildman–Crippen LogP) is 2.57. The molecule has 0 aliphatic rings. The Morgan fingerprint density at radius 2 is 2.20 bits per heavy atom. The van der Waals surface area contributed by atoms with E-state index in [1.165, 1.54) is 0 Å². The van der Waals surface area contributed by atoms with Gasteiger partial charge >= 0.3 is 0 Å². The molecule has 60 valence electrons. The summed E-state index contributed by atoms with van der Waals surface area (Å²) in [6.07, 6.45) is 2.94. The average Bonchev–Trinajstić information content (AvgIpc) is 1.89. The van der Waals surface area contributed by atoms with E-state index in [-0.39, 0.29) is 0 Å². The fourth-order valence-corrected chi connectivity index (χ4v) is 1.02. The summed E-state index contributed by atoms with van der Waals surface area (Å²) in [6.45, 7) is 2.52. The molecule has 1 N–H and O–H groups in total. The molecule has 2 nitrogen and oxygen atoms in total. The van der Waals surface area contributed by atoms with Crippen LogP contribution in [0.4, 0.5) is 0 Å². The lowest BCUT2D eigenvalue weighted by molar-refractivity contribution is 0.313. The molecule has 0 aromatic rings. The Balaban J connectivity index is 3.05. The summed E-state index contributed by atoms with van der Waals surface area (Å²) >= 11 is 3.33. The van der Waals surface area contributed by atoms with E-state index in [9.17, 15) is 0 Å². The summed E-state index contributed by atoms with van der Waals surface area (Å²) < 4.78 is 4.96. The molecule has 0 unspecified atom stereocenters. The zero-order valence-corrected chi connectivity index (χ0v) is 7.91. The van der Waals surface area contributed by atoms with Gasteiger partial charge in [0.2, 0.25) is 0 Å². The highest BCUT2D eigenvalue weighted by Gasteiger charge is 1.94. The van der Waals surface area contributed by atoms with Crippen molar-refractivity contribution in [2.75, 3.05) is 11.9 Å². The van der Waals surface area contributed by atoms with Crippen molar-refractivity contribution in [1.29, 1.82) is 5.41 Å². The minimum Gasteiger partial charge on any atom is -0.481 e. The number of unbranched alkanes of at least 4 members (excludes halogenated alkanes) is 1. The van der Waals surface area contributed by atoms with E-state index < -0.39 is 0 Å². The third-order valence-electron chi connectivity index (χ3n) is 1.11. The molecule has 0 fully saturated rings.